The number of para-hydroxylation sites is 1. The van der Waals surface area contributed by atoms with Gasteiger partial charge in [-0.05, 0) is 38.1 Å². The average molecular weight is 307 g/mol. The monoisotopic (exact) mass is 307 g/mol. The molecule has 0 radical (unpaired) electrons. The summed E-state index contributed by atoms with van der Waals surface area (Å²) in [5, 5.41) is 0. The van der Waals surface area contributed by atoms with Gasteiger partial charge in [-0.15, -0.1) is 0 Å². The van der Waals surface area contributed by atoms with E-state index >= 15 is 0 Å². The van der Waals surface area contributed by atoms with Gasteiger partial charge in [0.1, 0.15) is 23.3 Å². The number of rotatable bonds is 5. The van der Waals surface area contributed by atoms with Crippen molar-refractivity contribution in [3.05, 3.63) is 71.6 Å². The molecule has 1 atom stereocenters. The summed E-state index contributed by atoms with van der Waals surface area (Å²) in [6, 6.07) is 16.8. The lowest BCUT2D eigenvalue weighted by atomic mass is 10.2. The third-order valence-corrected chi connectivity index (χ3v) is 3.59. The van der Waals surface area contributed by atoms with E-state index in [1.165, 1.54) is 0 Å². The first kappa shape index (κ1) is 15.0. The smallest absolute Gasteiger partial charge is 0.226 e. The zero-order valence-electron chi connectivity index (χ0n) is 13.0. The number of ether oxygens (including phenoxy) is 1. The molecule has 0 spiro atoms. The van der Waals surface area contributed by atoms with Crippen LogP contribution in [0.2, 0.25) is 0 Å². The van der Waals surface area contributed by atoms with Crippen molar-refractivity contribution in [1.82, 2.24) is 4.98 Å². The van der Waals surface area contributed by atoms with Crippen LogP contribution < -0.4 is 4.74 Å². The maximum absolute atomic E-state index is 11.1. The van der Waals surface area contributed by atoms with Crippen molar-refractivity contribution in [2.24, 2.45) is 0 Å². The Morgan fingerprint density at radius 1 is 1.09 bits per heavy atom. The lowest BCUT2D eigenvalue weighted by Crippen LogP contribution is -2.06. The molecule has 0 aliphatic rings. The van der Waals surface area contributed by atoms with Crippen molar-refractivity contribution in [1.29, 1.82) is 0 Å². The first-order valence-electron chi connectivity index (χ1n) is 7.42. The Morgan fingerprint density at radius 2 is 1.78 bits per heavy atom. The molecule has 0 saturated heterocycles. The fourth-order valence-corrected chi connectivity index (χ4v) is 2.42. The Morgan fingerprint density at radius 3 is 2.52 bits per heavy atom. The summed E-state index contributed by atoms with van der Waals surface area (Å²) in [5.74, 6) is 1.82. The predicted molar refractivity (Wildman–Crippen MR) is 87.5 cm³/mol. The van der Waals surface area contributed by atoms with Crippen LogP contribution in [0, 0.1) is 6.92 Å². The van der Waals surface area contributed by atoms with E-state index in [0.717, 1.165) is 17.5 Å². The normalized spacial score (nSPS) is 11.9. The number of carbonyl (C=O) groups is 1. The van der Waals surface area contributed by atoms with Crippen LogP contribution in [0.5, 0.6) is 5.75 Å². The van der Waals surface area contributed by atoms with E-state index in [1.807, 2.05) is 50.2 Å². The molecule has 0 fully saturated rings. The van der Waals surface area contributed by atoms with Gasteiger partial charge in [0.15, 0.2) is 6.29 Å². The second kappa shape index (κ2) is 6.48. The van der Waals surface area contributed by atoms with Crippen LogP contribution in [-0.4, -0.2) is 11.3 Å². The lowest BCUT2D eigenvalue weighted by molar-refractivity contribution is 0.111. The Bertz CT molecular complexity index is 808. The molecule has 0 aliphatic carbocycles. The molecule has 23 heavy (non-hydrogen) atoms. The zero-order chi connectivity index (χ0) is 16.2. The molecule has 0 N–H and O–H groups in total. The quantitative estimate of drug-likeness (QED) is 0.646. The molecule has 2 aromatic carbocycles. The zero-order valence-corrected chi connectivity index (χ0v) is 13.0. The van der Waals surface area contributed by atoms with Gasteiger partial charge in [-0.2, -0.15) is 0 Å². The van der Waals surface area contributed by atoms with Crippen LogP contribution in [0.25, 0.3) is 11.5 Å². The number of nitrogens with zero attached hydrogens (tertiary/aromatic N) is 1. The average Bonchev–Trinajstić information content (AvgIpc) is 2.98. The first-order valence-corrected chi connectivity index (χ1v) is 7.42. The van der Waals surface area contributed by atoms with E-state index in [4.69, 9.17) is 9.15 Å². The third kappa shape index (κ3) is 3.16. The molecule has 0 saturated carbocycles. The Kier molecular flexibility index (Phi) is 4.24. The van der Waals surface area contributed by atoms with E-state index in [2.05, 4.69) is 4.98 Å². The minimum absolute atomic E-state index is 0.322. The molecule has 3 rings (SSSR count). The van der Waals surface area contributed by atoms with Gasteiger partial charge in [-0.3, -0.25) is 4.79 Å². The van der Waals surface area contributed by atoms with E-state index in [-0.39, 0.29) is 6.10 Å². The summed E-state index contributed by atoms with van der Waals surface area (Å²) < 4.78 is 11.7. The van der Waals surface area contributed by atoms with Gasteiger partial charge in [0.25, 0.3) is 0 Å². The molecule has 0 bridgehead atoms. The molecule has 1 unspecified atom stereocenters. The van der Waals surface area contributed by atoms with Gasteiger partial charge in [0.2, 0.25) is 5.89 Å². The molecule has 3 aromatic rings. The third-order valence-electron chi connectivity index (χ3n) is 3.59. The van der Waals surface area contributed by atoms with Crippen molar-refractivity contribution >= 4 is 6.29 Å². The maximum Gasteiger partial charge on any atom is 0.226 e. The molecular weight excluding hydrogens is 290 g/mol. The Labute approximate surface area is 134 Å². The standard InChI is InChI=1S/C19H17NO3/c1-13(22-17-11-7-6-10-16(17)12-21)18-14(2)23-19(20-18)15-8-4-3-5-9-15/h3-13H,1-2H3. The van der Waals surface area contributed by atoms with Gasteiger partial charge in [0.05, 0.1) is 5.56 Å². The summed E-state index contributed by atoms with van der Waals surface area (Å²) in [5.41, 5.74) is 2.16. The number of benzene rings is 2. The SMILES string of the molecule is Cc1oc(-c2ccccc2)nc1C(C)Oc1ccccc1C=O. The summed E-state index contributed by atoms with van der Waals surface area (Å²) in [4.78, 5) is 15.6. The number of oxazole rings is 1. The van der Waals surface area contributed by atoms with Crippen LogP contribution >= 0.6 is 0 Å². The summed E-state index contributed by atoms with van der Waals surface area (Å²) in [6.45, 7) is 3.75. The lowest BCUT2D eigenvalue weighted by Gasteiger charge is -2.14. The second-order valence-corrected chi connectivity index (χ2v) is 5.24. The maximum atomic E-state index is 11.1. The van der Waals surface area contributed by atoms with Crippen LogP contribution in [0.1, 0.15) is 34.8 Å². The highest BCUT2D eigenvalue weighted by atomic mass is 16.5. The van der Waals surface area contributed by atoms with E-state index < -0.39 is 0 Å². The van der Waals surface area contributed by atoms with Crippen molar-refractivity contribution in [3.8, 4) is 17.2 Å². The number of aldehydes is 1. The fourth-order valence-electron chi connectivity index (χ4n) is 2.42. The van der Waals surface area contributed by atoms with Gasteiger partial charge >= 0.3 is 0 Å². The van der Waals surface area contributed by atoms with Crippen LogP contribution in [0.15, 0.2) is 59.0 Å². The molecule has 4 nitrogen and oxygen atoms in total. The van der Waals surface area contributed by atoms with E-state index in [1.54, 1.807) is 18.2 Å². The number of carbonyl (C=O) groups excluding carboxylic acids is 1. The Balaban J connectivity index is 1.87. The number of aryl methyl sites for hydroxylation is 1. The molecule has 4 heteroatoms. The first-order chi connectivity index (χ1) is 11.2. The van der Waals surface area contributed by atoms with Crippen molar-refractivity contribution in [2.45, 2.75) is 20.0 Å². The molecule has 116 valence electrons. The van der Waals surface area contributed by atoms with Gasteiger partial charge in [-0.25, -0.2) is 4.98 Å². The topological polar surface area (TPSA) is 52.3 Å². The van der Waals surface area contributed by atoms with Crippen LogP contribution in [0.4, 0.5) is 0 Å². The summed E-state index contributed by atoms with van der Waals surface area (Å²) in [6.07, 6.45) is 0.463. The van der Waals surface area contributed by atoms with Gasteiger partial charge in [0, 0.05) is 5.56 Å². The second-order valence-electron chi connectivity index (χ2n) is 5.24. The summed E-state index contributed by atoms with van der Waals surface area (Å²) in [7, 11) is 0. The molecule has 0 aliphatic heterocycles. The predicted octanol–water partition coefficient (Wildman–Crippen LogP) is 4.60. The van der Waals surface area contributed by atoms with E-state index in [0.29, 0.717) is 23.0 Å². The molecule has 1 heterocycles. The number of aromatic nitrogens is 1. The highest BCUT2D eigenvalue weighted by molar-refractivity contribution is 5.79. The molecule has 0 amide bonds. The minimum Gasteiger partial charge on any atom is -0.484 e. The fraction of sp³-hybridized carbons (Fsp3) is 0.158. The Hall–Kier alpha value is -2.88. The highest BCUT2D eigenvalue weighted by Gasteiger charge is 2.19. The van der Waals surface area contributed by atoms with Gasteiger partial charge in [-0.1, -0.05) is 30.3 Å². The molecular formula is C19H17NO3. The summed E-state index contributed by atoms with van der Waals surface area (Å²) >= 11 is 0. The number of hydrogen-bond acceptors (Lipinski definition) is 4. The molecule has 1 aromatic heterocycles. The minimum atomic E-state index is -0.322. The van der Waals surface area contributed by atoms with Crippen molar-refractivity contribution in [2.75, 3.05) is 0 Å². The van der Waals surface area contributed by atoms with Crippen LogP contribution in [0.3, 0.4) is 0 Å². The van der Waals surface area contributed by atoms with Crippen molar-refractivity contribution in [3.63, 3.8) is 0 Å². The van der Waals surface area contributed by atoms with Crippen molar-refractivity contribution < 1.29 is 13.9 Å². The van der Waals surface area contributed by atoms with E-state index in [9.17, 15) is 4.79 Å². The highest BCUT2D eigenvalue weighted by Crippen LogP contribution is 2.29. The van der Waals surface area contributed by atoms with Crippen LogP contribution in [-0.2, 0) is 0 Å². The largest absolute Gasteiger partial charge is 0.484 e. The van der Waals surface area contributed by atoms with Gasteiger partial charge < -0.3 is 9.15 Å². The number of hydrogen-bond donors (Lipinski definition) is 0.